The minimum atomic E-state index is -0.196. The van der Waals surface area contributed by atoms with Gasteiger partial charge in [-0.2, -0.15) is 0 Å². The van der Waals surface area contributed by atoms with Gasteiger partial charge in [0.15, 0.2) is 11.5 Å². The molecule has 0 unspecified atom stereocenters. The number of Topliss-reactive ketones (excluding diaryl/α,β-unsaturated/α-hetero) is 1. The first-order valence-electron chi connectivity index (χ1n) is 4.04. The highest BCUT2D eigenvalue weighted by Gasteiger charge is 2.23. The van der Waals surface area contributed by atoms with Crippen molar-refractivity contribution in [2.24, 2.45) is 0 Å². The Kier molecular flexibility index (Phi) is 1.69. The first kappa shape index (κ1) is 8.04. The van der Waals surface area contributed by atoms with Crippen LogP contribution in [0, 0.1) is 0 Å². The van der Waals surface area contributed by atoms with Gasteiger partial charge < -0.3 is 9.84 Å². The molecule has 2 rings (SSSR count). The minimum Gasteiger partial charge on any atom is -0.505 e. The van der Waals surface area contributed by atoms with Crippen molar-refractivity contribution >= 4 is 5.78 Å². The zero-order valence-electron chi connectivity index (χ0n) is 7.20. The highest BCUT2D eigenvalue weighted by Crippen LogP contribution is 2.33. The molecule has 1 aliphatic rings. The maximum Gasteiger partial charge on any atom is 0.167 e. The molecule has 0 bridgehead atoms. The maximum atomic E-state index is 11.2. The fraction of sp³-hybridized carbons (Fsp3) is 0.333. The van der Waals surface area contributed by atoms with Crippen LogP contribution in [0.1, 0.15) is 23.0 Å². The molecule has 1 aliphatic heterocycles. The Morgan fingerprint density at radius 3 is 3.15 bits per heavy atom. The van der Waals surface area contributed by atoms with Crippen LogP contribution in [-0.4, -0.2) is 22.5 Å². The zero-order valence-corrected chi connectivity index (χ0v) is 7.20. The number of rotatable bonds is 1. The van der Waals surface area contributed by atoms with Crippen LogP contribution in [0.4, 0.5) is 0 Å². The number of ketones is 1. The Morgan fingerprint density at radius 1 is 1.69 bits per heavy atom. The maximum absolute atomic E-state index is 11.2. The Bertz CT molecular complexity index is 373. The Labute approximate surface area is 75.2 Å². The summed E-state index contributed by atoms with van der Waals surface area (Å²) in [6, 6.07) is 0. The van der Waals surface area contributed by atoms with Crippen molar-refractivity contribution in [2.45, 2.75) is 13.3 Å². The van der Waals surface area contributed by atoms with E-state index in [-0.39, 0.29) is 17.1 Å². The third-order valence-corrected chi connectivity index (χ3v) is 2.03. The van der Waals surface area contributed by atoms with Crippen LogP contribution in [0.15, 0.2) is 6.20 Å². The second kappa shape index (κ2) is 2.73. The van der Waals surface area contributed by atoms with Crippen molar-refractivity contribution < 1.29 is 14.6 Å². The summed E-state index contributed by atoms with van der Waals surface area (Å²) in [6.07, 6.45) is 2.00. The van der Waals surface area contributed by atoms with E-state index >= 15 is 0 Å². The van der Waals surface area contributed by atoms with E-state index in [1.165, 1.54) is 13.1 Å². The predicted octanol–water partition coefficient (Wildman–Crippen LogP) is 0.925. The summed E-state index contributed by atoms with van der Waals surface area (Å²) < 4.78 is 5.23. The molecule has 0 spiro atoms. The second-order valence-corrected chi connectivity index (χ2v) is 2.95. The van der Waals surface area contributed by atoms with Crippen molar-refractivity contribution in [3.63, 3.8) is 0 Å². The lowest BCUT2D eigenvalue weighted by Gasteiger charge is -2.05. The van der Waals surface area contributed by atoms with Crippen LogP contribution < -0.4 is 4.74 Å². The van der Waals surface area contributed by atoms with Gasteiger partial charge in [-0.15, -0.1) is 0 Å². The van der Waals surface area contributed by atoms with Gasteiger partial charge in [-0.25, -0.2) is 0 Å². The molecular weight excluding hydrogens is 170 g/mol. The van der Waals surface area contributed by atoms with E-state index in [0.29, 0.717) is 18.8 Å². The zero-order chi connectivity index (χ0) is 9.42. The molecule has 4 nitrogen and oxygen atoms in total. The predicted molar refractivity (Wildman–Crippen MR) is 45.1 cm³/mol. The normalized spacial score (nSPS) is 13.6. The Morgan fingerprint density at radius 2 is 2.46 bits per heavy atom. The van der Waals surface area contributed by atoms with E-state index in [1.807, 2.05) is 0 Å². The fourth-order valence-corrected chi connectivity index (χ4v) is 1.45. The van der Waals surface area contributed by atoms with Crippen molar-refractivity contribution in [3.05, 3.63) is 17.5 Å². The van der Waals surface area contributed by atoms with Crippen molar-refractivity contribution in [2.75, 3.05) is 6.61 Å². The number of hydrogen-bond donors (Lipinski definition) is 1. The third-order valence-electron chi connectivity index (χ3n) is 2.03. The van der Waals surface area contributed by atoms with E-state index in [4.69, 9.17) is 4.74 Å². The number of fused-ring (bicyclic) bond motifs is 1. The molecule has 68 valence electrons. The molecule has 0 atom stereocenters. The van der Waals surface area contributed by atoms with Crippen molar-refractivity contribution in [1.29, 1.82) is 0 Å². The molecule has 1 aromatic rings. The quantitative estimate of drug-likeness (QED) is 0.651. The molecule has 1 aromatic heterocycles. The van der Waals surface area contributed by atoms with Gasteiger partial charge in [-0.3, -0.25) is 9.78 Å². The van der Waals surface area contributed by atoms with Crippen LogP contribution in [0.2, 0.25) is 0 Å². The second-order valence-electron chi connectivity index (χ2n) is 2.95. The number of hydrogen-bond acceptors (Lipinski definition) is 4. The summed E-state index contributed by atoms with van der Waals surface area (Å²) in [5.41, 5.74) is 1.01. The highest BCUT2D eigenvalue weighted by molar-refractivity contribution is 5.99. The van der Waals surface area contributed by atoms with E-state index in [1.54, 1.807) is 0 Å². The smallest absolute Gasteiger partial charge is 0.167 e. The molecule has 0 saturated carbocycles. The number of pyridine rings is 1. The van der Waals surface area contributed by atoms with Crippen LogP contribution >= 0.6 is 0 Å². The molecule has 0 radical (unpaired) electrons. The number of aromatic nitrogens is 1. The van der Waals surface area contributed by atoms with Crippen molar-refractivity contribution in [1.82, 2.24) is 4.98 Å². The van der Waals surface area contributed by atoms with E-state index in [0.717, 1.165) is 5.69 Å². The van der Waals surface area contributed by atoms with Gasteiger partial charge in [0.25, 0.3) is 0 Å². The Balaban J connectivity index is 2.65. The molecule has 4 heteroatoms. The van der Waals surface area contributed by atoms with Crippen molar-refractivity contribution in [3.8, 4) is 11.5 Å². The summed E-state index contributed by atoms with van der Waals surface area (Å²) in [4.78, 5) is 15.1. The summed E-state index contributed by atoms with van der Waals surface area (Å²) in [6.45, 7) is 1.93. The van der Waals surface area contributed by atoms with Gasteiger partial charge in [0, 0.05) is 6.42 Å². The lowest BCUT2D eigenvalue weighted by atomic mass is 10.1. The molecule has 0 fully saturated rings. The summed E-state index contributed by atoms with van der Waals surface area (Å²) in [5.74, 6) is 0.152. The molecule has 0 aromatic carbocycles. The first-order chi connectivity index (χ1) is 6.20. The van der Waals surface area contributed by atoms with Gasteiger partial charge in [-0.1, -0.05) is 0 Å². The lowest BCUT2D eigenvalue weighted by molar-refractivity contribution is 0.101. The lowest BCUT2D eigenvalue weighted by Crippen LogP contribution is -1.98. The summed E-state index contributed by atoms with van der Waals surface area (Å²) in [7, 11) is 0. The molecule has 2 heterocycles. The van der Waals surface area contributed by atoms with Gasteiger partial charge in [0.05, 0.1) is 18.5 Å². The largest absolute Gasteiger partial charge is 0.505 e. The number of carbonyl (C=O) groups excluding carboxylic acids is 1. The fourth-order valence-electron chi connectivity index (χ4n) is 1.45. The van der Waals surface area contributed by atoms with E-state index in [9.17, 15) is 9.90 Å². The molecule has 1 N–H and O–H groups in total. The van der Waals surface area contributed by atoms with Crippen LogP contribution in [0.3, 0.4) is 0 Å². The summed E-state index contributed by atoms with van der Waals surface area (Å²) >= 11 is 0. The number of carbonyl (C=O) groups is 1. The topological polar surface area (TPSA) is 59.4 Å². The standard InChI is InChI=1S/C9H9NO3/c1-5(11)8-7(12)4-10-6-2-3-13-9(6)8/h4,12H,2-3H2,1H3. The number of aromatic hydroxyl groups is 1. The molecule has 0 saturated heterocycles. The highest BCUT2D eigenvalue weighted by atomic mass is 16.5. The van der Waals surface area contributed by atoms with Gasteiger partial charge in [0.1, 0.15) is 11.3 Å². The molecule has 0 aliphatic carbocycles. The average molecular weight is 179 g/mol. The van der Waals surface area contributed by atoms with Gasteiger partial charge in [-0.05, 0) is 6.92 Å². The van der Waals surface area contributed by atoms with Crippen LogP contribution in [0.25, 0.3) is 0 Å². The average Bonchev–Trinajstić information content (AvgIpc) is 2.50. The third kappa shape index (κ3) is 1.14. The molecular formula is C9H9NO3. The first-order valence-corrected chi connectivity index (χ1v) is 4.04. The molecule has 0 amide bonds. The molecule has 13 heavy (non-hydrogen) atoms. The van der Waals surface area contributed by atoms with Crippen LogP contribution in [-0.2, 0) is 6.42 Å². The van der Waals surface area contributed by atoms with E-state index in [2.05, 4.69) is 4.98 Å². The number of nitrogens with zero attached hydrogens (tertiary/aromatic N) is 1. The monoisotopic (exact) mass is 179 g/mol. The number of ether oxygens (including phenoxy) is 1. The summed E-state index contributed by atoms with van der Waals surface area (Å²) in [5, 5.41) is 9.38. The van der Waals surface area contributed by atoms with Crippen LogP contribution in [0.5, 0.6) is 11.5 Å². The minimum absolute atomic E-state index is 0.104. The van der Waals surface area contributed by atoms with Gasteiger partial charge >= 0.3 is 0 Å². The van der Waals surface area contributed by atoms with E-state index < -0.39 is 0 Å². The van der Waals surface area contributed by atoms with Gasteiger partial charge in [0.2, 0.25) is 0 Å². The Hall–Kier alpha value is -1.58. The SMILES string of the molecule is CC(=O)c1c(O)cnc2c1OCC2.